The van der Waals surface area contributed by atoms with E-state index in [0.717, 1.165) is 61.1 Å². The number of furan rings is 1. The molecule has 5 rings (SSSR count). The number of ether oxygens (including phenoxy) is 1. The zero-order chi connectivity index (χ0) is 20.5. The normalized spacial score (nSPS) is 19.0. The smallest absolute Gasteiger partial charge is 0.290 e. The Bertz CT molecular complexity index is 1160. The second kappa shape index (κ2) is 8.06. The lowest BCUT2D eigenvalue weighted by Gasteiger charge is -2.26. The van der Waals surface area contributed by atoms with Crippen LogP contribution in [0.1, 0.15) is 11.3 Å². The molecule has 0 atom stereocenters. The van der Waals surface area contributed by atoms with Crippen LogP contribution in [-0.4, -0.2) is 47.3 Å². The van der Waals surface area contributed by atoms with Gasteiger partial charge < -0.3 is 9.15 Å². The van der Waals surface area contributed by atoms with Gasteiger partial charge in [0.1, 0.15) is 11.3 Å². The Kier molecular flexibility index (Phi) is 5.12. The first kappa shape index (κ1) is 19.0. The van der Waals surface area contributed by atoms with Crippen LogP contribution < -0.4 is 5.32 Å². The Labute approximate surface area is 177 Å². The molecule has 2 aliphatic heterocycles. The molecule has 152 valence electrons. The summed E-state index contributed by atoms with van der Waals surface area (Å²) in [4.78, 5) is 30.2. The summed E-state index contributed by atoms with van der Waals surface area (Å²) in [6, 6.07) is 10.2. The Morgan fingerprint density at radius 2 is 2.03 bits per heavy atom. The molecule has 2 saturated heterocycles. The number of aromatic nitrogens is 1. The predicted molar refractivity (Wildman–Crippen MR) is 115 cm³/mol. The topological polar surface area (TPSA) is 84.7 Å². The van der Waals surface area contributed by atoms with Crippen LogP contribution in [0.5, 0.6) is 0 Å². The van der Waals surface area contributed by atoms with Gasteiger partial charge in [0, 0.05) is 49.1 Å². The molecule has 0 bridgehead atoms. The number of hydrogen-bond acceptors (Lipinski definition) is 7. The third-order valence-electron chi connectivity index (χ3n) is 5.11. The maximum Gasteiger partial charge on any atom is 0.290 e. The van der Waals surface area contributed by atoms with Crippen molar-refractivity contribution in [2.75, 3.05) is 26.3 Å². The van der Waals surface area contributed by atoms with E-state index >= 15 is 0 Å². The van der Waals surface area contributed by atoms with E-state index < -0.39 is 5.91 Å². The number of amides is 2. The van der Waals surface area contributed by atoms with E-state index in [1.165, 1.54) is 5.56 Å². The number of pyridine rings is 1. The Hall–Kier alpha value is -2.94. The molecule has 4 heterocycles. The average molecular weight is 421 g/mol. The third kappa shape index (κ3) is 3.89. The van der Waals surface area contributed by atoms with E-state index in [0.29, 0.717) is 16.2 Å². The number of nitrogens with one attached hydrogen (secondary N) is 1. The number of rotatable bonds is 4. The summed E-state index contributed by atoms with van der Waals surface area (Å²) < 4.78 is 11.5. The molecule has 2 aliphatic rings. The van der Waals surface area contributed by atoms with Gasteiger partial charge in [-0.15, -0.1) is 0 Å². The van der Waals surface area contributed by atoms with E-state index in [1.54, 1.807) is 18.5 Å². The van der Waals surface area contributed by atoms with Crippen LogP contribution in [0, 0.1) is 0 Å². The second-order valence-electron chi connectivity index (χ2n) is 7.20. The summed E-state index contributed by atoms with van der Waals surface area (Å²) >= 11 is 0.870. The fourth-order valence-electron chi connectivity index (χ4n) is 3.66. The molecule has 7 nitrogen and oxygen atoms in total. The molecule has 0 saturated carbocycles. The lowest BCUT2D eigenvalue weighted by Crippen LogP contribution is -2.35. The molecule has 0 spiro atoms. The number of carbonyl (C=O) groups excluding carboxylic acids is 2. The van der Waals surface area contributed by atoms with Crippen molar-refractivity contribution in [3.8, 4) is 11.1 Å². The summed E-state index contributed by atoms with van der Waals surface area (Å²) in [7, 11) is 0. The van der Waals surface area contributed by atoms with Crippen LogP contribution in [0.25, 0.3) is 28.2 Å². The monoisotopic (exact) mass is 421 g/mol. The molecule has 0 aliphatic carbocycles. The first-order valence-corrected chi connectivity index (χ1v) is 10.5. The van der Waals surface area contributed by atoms with Crippen molar-refractivity contribution in [2.45, 2.75) is 6.54 Å². The van der Waals surface area contributed by atoms with Crippen LogP contribution >= 0.6 is 11.8 Å². The van der Waals surface area contributed by atoms with Gasteiger partial charge in [0.05, 0.1) is 18.1 Å². The highest BCUT2D eigenvalue weighted by Gasteiger charge is 2.25. The molecular formula is C22H19N3O4S. The molecule has 8 heteroatoms. The van der Waals surface area contributed by atoms with Gasteiger partial charge in [-0.1, -0.05) is 18.2 Å². The number of carbonyl (C=O) groups is 2. The number of thioether (sulfide) groups is 1. The quantitative estimate of drug-likeness (QED) is 0.644. The van der Waals surface area contributed by atoms with Crippen molar-refractivity contribution in [3.05, 3.63) is 59.0 Å². The minimum atomic E-state index is -0.403. The van der Waals surface area contributed by atoms with Gasteiger partial charge in [-0.3, -0.25) is 24.8 Å². The van der Waals surface area contributed by atoms with Gasteiger partial charge in [-0.25, -0.2) is 0 Å². The highest BCUT2D eigenvalue weighted by molar-refractivity contribution is 8.18. The predicted octanol–water partition coefficient (Wildman–Crippen LogP) is 3.65. The van der Waals surface area contributed by atoms with Gasteiger partial charge in [0.2, 0.25) is 0 Å². The molecule has 2 aromatic heterocycles. The van der Waals surface area contributed by atoms with Gasteiger partial charge in [-0.05, 0) is 35.0 Å². The molecule has 1 aromatic carbocycles. The van der Waals surface area contributed by atoms with Crippen molar-refractivity contribution in [1.29, 1.82) is 0 Å². The van der Waals surface area contributed by atoms with E-state index in [2.05, 4.69) is 27.3 Å². The molecule has 2 fully saturated rings. The van der Waals surface area contributed by atoms with Crippen LogP contribution in [0.3, 0.4) is 0 Å². The first-order chi connectivity index (χ1) is 14.7. The highest BCUT2D eigenvalue weighted by atomic mass is 32.2. The molecule has 1 N–H and O–H groups in total. The van der Waals surface area contributed by atoms with Crippen LogP contribution in [0.15, 0.2) is 52.0 Å². The Morgan fingerprint density at radius 3 is 2.83 bits per heavy atom. The highest BCUT2D eigenvalue weighted by Crippen LogP contribution is 2.33. The summed E-state index contributed by atoms with van der Waals surface area (Å²) in [5.41, 5.74) is 3.84. The molecule has 0 unspecified atom stereocenters. The van der Waals surface area contributed by atoms with Gasteiger partial charge >= 0.3 is 0 Å². The Balaban J connectivity index is 1.47. The molecule has 2 amide bonds. The standard InChI is InChI=1S/C22H19N3O4S/c26-21-19(30-22(27)24-21)10-17-9-16-11-23-12-18(20(16)29-17)15-3-1-2-14(8-15)13-25-4-6-28-7-5-25/h1-3,8-12H,4-7,13H2,(H,24,26,27)/b19-10+. The minimum absolute atomic E-state index is 0.320. The van der Waals surface area contributed by atoms with Crippen molar-refractivity contribution in [2.24, 2.45) is 0 Å². The number of benzene rings is 1. The fourth-order valence-corrected chi connectivity index (χ4v) is 4.33. The van der Waals surface area contributed by atoms with E-state index in [9.17, 15) is 9.59 Å². The number of morpholine rings is 1. The number of fused-ring (bicyclic) bond motifs is 1. The van der Waals surface area contributed by atoms with E-state index in [1.807, 2.05) is 18.2 Å². The maximum absolute atomic E-state index is 11.8. The fraction of sp³-hybridized carbons (Fsp3) is 0.227. The summed E-state index contributed by atoms with van der Waals surface area (Å²) in [6.07, 6.45) is 5.11. The van der Waals surface area contributed by atoms with Crippen molar-refractivity contribution in [1.82, 2.24) is 15.2 Å². The SMILES string of the molecule is O=C1NC(=O)/C(=C\c2cc3cncc(-c4cccc(CN5CCOCC5)c4)c3o2)S1. The van der Waals surface area contributed by atoms with Crippen LogP contribution in [-0.2, 0) is 16.1 Å². The third-order valence-corrected chi connectivity index (χ3v) is 5.92. The van der Waals surface area contributed by atoms with Gasteiger partial charge in [0.25, 0.3) is 11.1 Å². The minimum Gasteiger partial charge on any atom is -0.456 e. The first-order valence-electron chi connectivity index (χ1n) is 9.67. The van der Waals surface area contributed by atoms with Crippen LogP contribution in [0.2, 0.25) is 0 Å². The molecular weight excluding hydrogens is 402 g/mol. The van der Waals surface area contributed by atoms with Gasteiger partial charge in [0.15, 0.2) is 0 Å². The van der Waals surface area contributed by atoms with Crippen molar-refractivity contribution < 1.29 is 18.7 Å². The lowest BCUT2D eigenvalue weighted by molar-refractivity contribution is -0.115. The average Bonchev–Trinajstić information content (AvgIpc) is 3.30. The molecule has 0 radical (unpaired) electrons. The Morgan fingerprint density at radius 1 is 1.17 bits per heavy atom. The number of imide groups is 1. The summed E-state index contributed by atoms with van der Waals surface area (Å²) in [5, 5.41) is 2.72. The molecule has 3 aromatic rings. The number of nitrogens with zero attached hydrogens (tertiary/aromatic N) is 2. The van der Waals surface area contributed by atoms with Gasteiger partial charge in [-0.2, -0.15) is 0 Å². The van der Waals surface area contributed by atoms with Crippen molar-refractivity contribution >= 4 is 40.0 Å². The zero-order valence-electron chi connectivity index (χ0n) is 16.1. The summed E-state index contributed by atoms with van der Waals surface area (Å²) in [6.45, 7) is 4.29. The lowest BCUT2D eigenvalue weighted by atomic mass is 10.0. The summed E-state index contributed by atoms with van der Waals surface area (Å²) in [5.74, 6) is 0.107. The maximum atomic E-state index is 11.8. The van der Waals surface area contributed by atoms with E-state index in [-0.39, 0.29) is 5.24 Å². The van der Waals surface area contributed by atoms with Crippen molar-refractivity contribution in [3.63, 3.8) is 0 Å². The molecule has 30 heavy (non-hydrogen) atoms. The zero-order valence-corrected chi connectivity index (χ0v) is 16.9. The second-order valence-corrected chi connectivity index (χ2v) is 8.21. The van der Waals surface area contributed by atoms with E-state index in [4.69, 9.17) is 9.15 Å². The number of hydrogen-bond donors (Lipinski definition) is 1. The largest absolute Gasteiger partial charge is 0.456 e. The van der Waals surface area contributed by atoms with Crippen LogP contribution in [0.4, 0.5) is 4.79 Å².